The number of fused-ring (bicyclic) bond motifs is 1. The van der Waals surface area contributed by atoms with E-state index in [-0.39, 0.29) is 11.5 Å². The van der Waals surface area contributed by atoms with E-state index in [0.29, 0.717) is 24.7 Å². The van der Waals surface area contributed by atoms with Gasteiger partial charge in [-0.1, -0.05) is 6.07 Å². The summed E-state index contributed by atoms with van der Waals surface area (Å²) >= 11 is 0. The molecule has 1 aromatic heterocycles. The molecule has 0 unspecified atom stereocenters. The molecule has 6 heteroatoms. The van der Waals surface area contributed by atoms with E-state index in [4.69, 9.17) is 9.47 Å². The van der Waals surface area contributed by atoms with Crippen LogP contribution in [0.2, 0.25) is 0 Å². The molecule has 2 aromatic rings. The average Bonchev–Trinajstić information content (AvgIpc) is 2.91. The van der Waals surface area contributed by atoms with Crippen LogP contribution in [0.25, 0.3) is 0 Å². The number of ether oxygens (including phenoxy) is 2. The number of hydrogen-bond acceptors (Lipinski definition) is 5. The van der Waals surface area contributed by atoms with Gasteiger partial charge >= 0.3 is 0 Å². The Bertz CT molecular complexity index is 877. The van der Waals surface area contributed by atoms with E-state index < -0.39 is 0 Å². The Morgan fingerprint density at radius 2 is 2.07 bits per heavy atom. The first-order valence-electron chi connectivity index (χ1n) is 10.7. The molecule has 1 amide bonds. The maximum absolute atomic E-state index is 13.3. The second kappa shape index (κ2) is 8.64. The van der Waals surface area contributed by atoms with Crippen LogP contribution in [0, 0.1) is 5.92 Å². The fraction of sp³-hybridized carbons (Fsp3) is 0.500. The van der Waals surface area contributed by atoms with Crippen LogP contribution in [0.1, 0.15) is 41.7 Å². The lowest BCUT2D eigenvalue weighted by Gasteiger charge is -2.42. The van der Waals surface area contributed by atoms with Gasteiger partial charge in [0.25, 0.3) is 5.91 Å². The highest BCUT2D eigenvalue weighted by Gasteiger charge is 2.42. The number of carbonyl (C=O) groups excluding carboxylic acids is 1. The van der Waals surface area contributed by atoms with Crippen LogP contribution < -0.4 is 9.47 Å². The molecule has 0 saturated heterocycles. The van der Waals surface area contributed by atoms with Crippen molar-refractivity contribution in [2.24, 2.45) is 5.92 Å². The second-order valence-electron chi connectivity index (χ2n) is 8.84. The molecule has 4 rings (SSSR count). The zero-order chi connectivity index (χ0) is 21.1. The molecule has 1 aromatic carbocycles. The van der Waals surface area contributed by atoms with E-state index in [1.54, 1.807) is 19.4 Å². The summed E-state index contributed by atoms with van der Waals surface area (Å²) in [7, 11) is 5.91. The predicted molar refractivity (Wildman–Crippen MR) is 116 cm³/mol. The van der Waals surface area contributed by atoms with Crippen molar-refractivity contribution < 1.29 is 14.3 Å². The van der Waals surface area contributed by atoms with Crippen LogP contribution in [0.15, 0.2) is 42.6 Å². The van der Waals surface area contributed by atoms with Gasteiger partial charge in [0.05, 0.1) is 13.7 Å². The van der Waals surface area contributed by atoms with Gasteiger partial charge < -0.3 is 19.3 Å². The van der Waals surface area contributed by atoms with Crippen molar-refractivity contribution in [3.8, 4) is 11.5 Å². The Morgan fingerprint density at radius 3 is 2.73 bits per heavy atom. The highest BCUT2D eigenvalue weighted by Crippen LogP contribution is 2.41. The van der Waals surface area contributed by atoms with Gasteiger partial charge in [-0.2, -0.15) is 0 Å². The van der Waals surface area contributed by atoms with Crippen LogP contribution in [0.4, 0.5) is 0 Å². The number of carbonyl (C=O) groups is 1. The van der Waals surface area contributed by atoms with Crippen LogP contribution in [-0.2, 0) is 6.54 Å². The SMILES string of the molecule is COc1ccc2c(c1)CN(C(=O)c1ccccn1)CC1(CCC(CN(C)C)CC1)O2. The van der Waals surface area contributed by atoms with E-state index in [0.717, 1.165) is 49.3 Å². The molecule has 0 N–H and O–H groups in total. The number of pyridine rings is 1. The topological polar surface area (TPSA) is 54.9 Å². The Morgan fingerprint density at radius 1 is 1.27 bits per heavy atom. The molecule has 6 nitrogen and oxygen atoms in total. The van der Waals surface area contributed by atoms with Crippen LogP contribution in [0.3, 0.4) is 0 Å². The molecule has 0 atom stereocenters. The van der Waals surface area contributed by atoms with E-state index in [1.807, 2.05) is 35.2 Å². The lowest BCUT2D eigenvalue weighted by molar-refractivity contribution is -0.00737. The molecule has 2 aliphatic rings. The fourth-order valence-electron chi connectivity index (χ4n) is 4.74. The lowest BCUT2D eigenvalue weighted by atomic mass is 9.78. The van der Waals surface area contributed by atoms with E-state index in [2.05, 4.69) is 24.0 Å². The van der Waals surface area contributed by atoms with Gasteiger partial charge in [-0.15, -0.1) is 0 Å². The van der Waals surface area contributed by atoms with Crippen LogP contribution >= 0.6 is 0 Å². The number of amides is 1. The van der Waals surface area contributed by atoms with Crippen molar-refractivity contribution >= 4 is 5.91 Å². The summed E-state index contributed by atoms with van der Waals surface area (Å²) in [6, 6.07) is 11.4. The summed E-state index contributed by atoms with van der Waals surface area (Å²) in [6.45, 7) is 2.17. The summed E-state index contributed by atoms with van der Waals surface area (Å²) < 4.78 is 12.1. The standard InChI is InChI=1S/C24H31N3O3/c1-26(2)15-18-9-11-24(12-10-18)17-27(23(28)21-6-4-5-13-25-21)16-19-14-20(29-3)7-8-22(19)30-24/h4-8,13-14,18H,9-12,15-17H2,1-3H3. The molecule has 1 spiro atoms. The van der Waals surface area contributed by atoms with Gasteiger partial charge in [0.2, 0.25) is 0 Å². The third-order valence-corrected chi connectivity index (χ3v) is 6.25. The highest BCUT2D eigenvalue weighted by molar-refractivity contribution is 5.92. The second-order valence-corrected chi connectivity index (χ2v) is 8.84. The van der Waals surface area contributed by atoms with Crippen LogP contribution in [0.5, 0.6) is 11.5 Å². The van der Waals surface area contributed by atoms with E-state index >= 15 is 0 Å². The van der Waals surface area contributed by atoms with Gasteiger partial charge in [-0.25, -0.2) is 0 Å². The maximum atomic E-state index is 13.3. The van der Waals surface area contributed by atoms with Gasteiger partial charge in [-0.05, 0) is 76.0 Å². The van der Waals surface area contributed by atoms with Crippen molar-refractivity contribution in [1.29, 1.82) is 0 Å². The zero-order valence-corrected chi connectivity index (χ0v) is 18.1. The molecule has 1 aliphatic carbocycles. The summed E-state index contributed by atoms with van der Waals surface area (Å²) in [5, 5.41) is 0. The first-order valence-corrected chi connectivity index (χ1v) is 10.7. The number of benzene rings is 1. The summed E-state index contributed by atoms with van der Waals surface area (Å²) in [5.74, 6) is 2.25. The molecule has 1 fully saturated rings. The Labute approximate surface area is 178 Å². The number of nitrogens with zero attached hydrogens (tertiary/aromatic N) is 3. The normalized spacial score (nSPS) is 23.6. The Balaban J connectivity index is 1.63. The third kappa shape index (κ3) is 4.43. The molecular weight excluding hydrogens is 378 g/mol. The Hall–Kier alpha value is -2.60. The highest BCUT2D eigenvalue weighted by atomic mass is 16.5. The molecule has 2 heterocycles. The minimum absolute atomic E-state index is 0.0512. The van der Waals surface area contributed by atoms with Gasteiger partial charge in [0, 0.05) is 24.8 Å². The monoisotopic (exact) mass is 409 g/mol. The number of hydrogen-bond donors (Lipinski definition) is 0. The van der Waals surface area contributed by atoms with Gasteiger partial charge in [0.15, 0.2) is 0 Å². The van der Waals surface area contributed by atoms with E-state index in [9.17, 15) is 4.79 Å². The minimum atomic E-state index is -0.354. The third-order valence-electron chi connectivity index (χ3n) is 6.25. The van der Waals surface area contributed by atoms with Crippen molar-refractivity contribution in [1.82, 2.24) is 14.8 Å². The van der Waals surface area contributed by atoms with Crippen LogP contribution in [-0.4, -0.2) is 60.6 Å². The molecular formula is C24H31N3O3. The maximum Gasteiger partial charge on any atom is 0.272 e. The first kappa shape index (κ1) is 20.7. The average molecular weight is 410 g/mol. The summed E-state index contributed by atoms with van der Waals surface area (Å²) in [5.41, 5.74) is 1.10. The molecule has 160 valence electrons. The van der Waals surface area contributed by atoms with Gasteiger partial charge in [0.1, 0.15) is 22.8 Å². The Kier molecular flexibility index (Phi) is 5.95. The molecule has 0 bridgehead atoms. The minimum Gasteiger partial charge on any atom is -0.497 e. The predicted octanol–water partition coefficient (Wildman–Crippen LogP) is 3.62. The van der Waals surface area contributed by atoms with Crippen molar-refractivity contribution in [2.45, 2.75) is 37.8 Å². The largest absolute Gasteiger partial charge is 0.497 e. The summed E-state index contributed by atoms with van der Waals surface area (Å²) in [6.07, 6.45) is 5.78. The number of methoxy groups -OCH3 is 1. The molecule has 30 heavy (non-hydrogen) atoms. The molecule has 1 aliphatic heterocycles. The molecule has 0 radical (unpaired) electrons. The fourth-order valence-corrected chi connectivity index (χ4v) is 4.74. The smallest absolute Gasteiger partial charge is 0.272 e. The van der Waals surface area contributed by atoms with Gasteiger partial charge in [-0.3, -0.25) is 9.78 Å². The van der Waals surface area contributed by atoms with Crippen molar-refractivity contribution in [2.75, 3.05) is 34.3 Å². The molecule has 1 saturated carbocycles. The summed E-state index contributed by atoms with van der Waals surface area (Å²) in [4.78, 5) is 21.8. The number of aromatic nitrogens is 1. The van der Waals surface area contributed by atoms with E-state index in [1.165, 1.54) is 0 Å². The number of rotatable bonds is 4. The quantitative estimate of drug-likeness (QED) is 0.772. The van der Waals surface area contributed by atoms with Crippen molar-refractivity contribution in [3.63, 3.8) is 0 Å². The van der Waals surface area contributed by atoms with Crippen molar-refractivity contribution in [3.05, 3.63) is 53.9 Å². The lowest BCUT2D eigenvalue weighted by Crippen LogP contribution is -2.50. The first-order chi connectivity index (χ1) is 14.5. The zero-order valence-electron chi connectivity index (χ0n) is 18.1.